The van der Waals surface area contributed by atoms with Gasteiger partial charge in [0.1, 0.15) is 0 Å². The number of amides is 1. The van der Waals surface area contributed by atoms with Crippen molar-refractivity contribution < 1.29 is 9.90 Å². The predicted octanol–water partition coefficient (Wildman–Crippen LogP) is 3.44. The van der Waals surface area contributed by atoms with Gasteiger partial charge in [-0.15, -0.1) is 11.8 Å². The lowest BCUT2D eigenvalue weighted by molar-refractivity contribution is -0.119. The first-order valence-electron chi connectivity index (χ1n) is 6.73. The summed E-state index contributed by atoms with van der Waals surface area (Å²) in [6.45, 7) is 6.23. The van der Waals surface area contributed by atoms with E-state index in [4.69, 9.17) is 5.11 Å². The molecule has 0 spiro atoms. The van der Waals surface area contributed by atoms with Crippen molar-refractivity contribution in [3.05, 3.63) is 27.7 Å². The van der Waals surface area contributed by atoms with Gasteiger partial charge in [-0.25, -0.2) is 0 Å². The number of aliphatic hydroxyl groups excluding tert-OH is 1. The first-order valence-corrected chi connectivity index (χ1v) is 8.51. The Morgan fingerprint density at radius 1 is 1.40 bits per heavy atom. The lowest BCUT2D eigenvalue weighted by Gasteiger charge is -2.13. The lowest BCUT2D eigenvalue weighted by atomic mass is 10.2. The Balaban J connectivity index is 2.47. The molecule has 0 aliphatic heterocycles. The zero-order valence-electron chi connectivity index (χ0n) is 12.2. The van der Waals surface area contributed by atoms with E-state index in [1.807, 2.05) is 20.8 Å². The third-order valence-electron chi connectivity index (χ3n) is 3.02. The largest absolute Gasteiger partial charge is 0.396 e. The number of halogens is 1. The molecule has 112 valence electrons. The second kappa shape index (κ2) is 8.70. The number of aryl methyl sites for hydroxylation is 2. The van der Waals surface area contributed by atoms with Crippen LogP contribution < -0.4 is 5.32 Å². The van der Waals surface area contributed by atoms with Crippen LogP contribution in [0, 0.1) is 13.8 Å². The van der Waals surface area contributed by atoms with Crippen molar-refractivity contribution in [2.24, 2.45) is 0 Å². The van der Waals surface area contributed by atoms with Crippen molar-refractivity contribution in [1.82, 2.24) is 5.32 Å². The Hall–Kier alpha value is -0.520. The van der Waals surface area contributed by atoms with Gasteiger partial charge in [-0.3, -0.25) is 4.79 Å². The Kier molecular flexibility index (Phi) is 7.62. The third-order valence-corrected chi connectivity index (χ3v) is 5.03. The Labute approximate surface area is 133 Å². The van der Waals surface area contributed by atoms with Gasteiger partial charge in [-0.05, 0) is 56.9 Å². The number of hydrogen-bond donors (Lipinski definition) is 2. The molecule has 1 amide bonds. The predicted molar refractivity (Wildman–Crippen MR) is 88.3 cm³/mol. The normalized spacial score (nSPS) is 12.2. The van der Waals surface area contributed by atoms with Gasteiger partial charge in [0.2, 0.25) is 5.91 Å². The van der Waals surface area contributed by atoms with E-state index < -0.39 is 0 Å². The van der Waals surface area contributed by atoms with E-state index in [1.54, 1.807) is 11.8 Å². The molecule has 0 heterocycles. The molecular weight excluding hydrogens is 338 g/mol. The summed E-state index contributed by atoms with van der Waals surface area (Å²) in [5, 5.41) is 11.7. The van der Waals surface area contributed by atoms with Crippen LogP contribution in [0.3, 0.4) is 0 Å². The molecule has 0 aromatic heterocycles. The van der Waals surface area contributed by atoms with Gasteiger partial charge in [0.25, 0.3) is 0 Å². The Morgan fingerprint density at radius 2 is 2.10 bits per heavy atom. The van der Waals surface area contributed by atoms with Crippen LogP contribution in [0.1, 0.15) is 30.9 Å². The van der Waals surface area contributed by atoms with Crippen LogP contribution in [-0.2, 0) is 4.79 Å². The number of aliphatic hydroxyl groups is 1. The number of thioether (sulfide) groups is 1. The van der Waals surface area contributed by atoms with Gasteiger partial charge >= 0.3 is 0 Å². The highest BCUT2D eigenvalue weighted by atomic mass is 79.9. The standard InChI is InChI=1S/C15H22BrNO2S/c1-10-8-14(11(2)7-13(10)16)20-9-15(19)17-12(3)5-4-6-18/h7-8,12,18H,4-6,9H2,1-3H3,(H,17,19). The van der Waals surface area contributed by atoms with E-state index in [1.165, 1.54) is 11.1 Å². The first-order chi connectivity index (χ1) is 9.43. The minimum absolute atomic E-state index is 0.0420. The fourth-order valence-corrected chi connectivity index (χ4v) is 3.21. The van der Waals surface area contributed by atoms with Gasteiger partial charge < -0.3 is 10.4 Å². The molecule has 1 aromatic carbocycles. The molecule has 1 unspecified atom stereocenters. The maximum absolute atomic E-state index is 11.8. The molecule has 0 fully saturated rings. The molecule has 2 N–H and O–H groups in total. The van der Waals surface area contributed by atoms with Gasteiger partial charge in [0.05, 0.1) is 5.75 Å². The molecule has 0 saturated heterocycles. The van der Waals surface area contributed by atoms with E-state index in [0.29, 0.717) is 5.75 Å². The molecule has 1 rings (SSSR count). The minimum Gasteiger partial charge on any atom is -0.396 e. The highest BCUT2D eigenvalue weighted by molar-refractivity contribution is 9.10. The van der Waals surface area contributed by atoms with Crippen molar-refractivity contribution >= 4 is 33.6 Å². The molecule has 1 aromatic rings. The fourth-order valence-electron chi connectivity index (χ4n) is 1.84. The summed E-state index contributed by atoms with van der Waals surface area (Å²) in [7, 11) is 0. The van der Waals surface area contributed by atoms with E-state index in [2.05, 4.69) is 33.4 Å². The summed E-state index contributed by atoms with van der Waals surface area (Å²) in [6.07, 6.45) is 1.53. The average molecular weight is 360 g/mol. The van der Waals surface area contributed by atoms with Crippen LogP contribution in [0.25, 0.3) is 0 Å². The fraction of sp³-hybridized carbons (Fsp3) is 0.533. The molecule has 3 nitrogen and oxygen atoms in total. The van der Waals surface area contributed by atoms with E-state index >= 15 is 0 Å². The molecule has 5 heteroatoms. The van der Waals surface area contributed by atoms with E-state index in [0.717, 1.165) is 22.2 Å². The van der Waals surface area contributed by atoms with Crippen molar-refractivity contribution in [2.45, 2.75) is 44.6 Å². The van der Waals surface area contributed by atoms with E-state index in [-0.39, 0.29) is 18.6 Å². The van der Waals surface area contributed by atoms with Crippen LogP contribution in [0.4, 0.5) is 0 Å². The van der Waals surface area contributed by atoms with Crippen LogP contribution in [0.2, 0.25) is 0 Å². The summed E-state index contributed by atoms with van der Waals surface area (Å²) < 4.78 is 1.10. The van der Waals surface area contributed by atoms with Crippen molar-refractivity contribution in [3.8, 4) is 0 Å². The van der Waals surface area contributed by atoms with Crippen LogP contribution in [0.15, 0.2) is 21.5 Å². The second-order valence-electron chi connectivity index (χ2n) is 4.99. The number of benzene rings is 1. The maximum atomic E-state index is 11.8. The van der Waals surface area contributed by atoms with Gasteiger partial charge in [-0.2, -0.15) is 0 Å². The minimum atomic E-state index is 0.0420. The molecule has 0 bridgehead atoms. The van der Waals surface area contributed by atoms with Crippen molar-refractivity contribution in [2.75, 3.05) is 12.4 Å². The number of nitrogens with one attached hydrogen (secondary N) is 1. The van der Waals surface area contributed by atoms with Crippen molar-refractivity contribution in [3.63, 3.8) is 0 Å². The summed E-state index contributed by atoms with van der Waals surface area (Å²) in [6, 6.07) is 4.30. The number of carbonyl (C=O) groups excluding carboxylic acids is 1. The molecule has 0 radical (unpaired) electrons. The molecule has 20 heavy (non-hydrogen) atoms. The van der Waals surface area contributed by atoms with Crippen LogP contribution in [0.5, 0.6) is 0 Å². The van der Waals surface area contributed by atoms with Gasteiger partial charge in [-0.1, -0.05) is 15.9 Å². The molecule has 0 saturated carbocycles. The topological polar surface area (TPSA) is 49.3 Å². The van der Waals surface area contributed by atoms with Crippen molar-refractivity contribution in [1.29, 1.82) is 0 Å². The Morgan fingerprint density at radius 3 is 2.75 bits per heavy atom. The Bertz CT molecular complexity index is 465. The van der Waals surface area contributed by atoms with Gasteiger partial charge in [0.15, 0.2) is 0 Å². The second-order valence-corrected chi connectivity index (χ2v) is 6.86. The first kappa shape index (κ1) is 17.5. The highest BCUT2D eigenvalue weighted by Gasteiger charge is 2.09. The zero-order chi connectivity index (χ0) is 15.1. The maximum Gasteiger partial charge on any atom is 0.230 e. The number of carbonyl (C=O) groups is 1. The smallest absolute Gasteiger partial charge is 0.230 e. The number of rotatable bonds is 7. The average Bonchev–Trinajstić information content (AvgIpc) is 2.39. The molecule has 0 aliphatic carbocycles. The van der Waals surface area contributed by atoms with Gasteiger partial charge in [0, 0.05) is 22.0 Å². The summed E-state index contributed by atoms with van der Waals surface area (Å²) >= 11 is 5.07. The quantitative estimate of drug-likeness (QED) is 0.733. The third kappa shape index (κ3) is 5.85. The number of hydrogen-bond acceptors (Lipinski definition) is 3. The lowest BCUT2D eigenvalue weighted by Crippen LogP contribution is -2.33. The van der Waals surface area contributed by atoms with Crippen LogP contribution in [-0.4, -0.2) is 29.4 Å². The SMILES string of the molecule is Cc1cc(SCC(=O)NC(C)CCCO)c(C)cc1Br. The van der Waals surface area contributed by atoms with Crippen LogP contribution >= 0.6 is 27.7 Å². The zero-order valence-corrected chi connectivity index (χ0v) is 14.6. The highest BCUT2D eigenvalue weighted by Crippen LogP contribution is 2.28. The monoisotopic (exact) mass is 359 g/mol. The summed E-state index contributed by atoms with van der Waals surface area (Å²) in [5.41, 5.74) is 2.35. The summed E-state index contributed by atoms with van der Waals surface area (Å²) in [4.78, 5) is 13.0. The van der Waals surface area contributed by atoms with E-state index in [9.17, 15) is 4.79 Å². The molecular formula is C15H22BrNO2S. The molecule has 0 aliphatic rings. The summed E-state index contributed by atoms with van der Waals surface area (Å²) in [5.74, 6) is 0.464. The molecule has 1 atom stereocenters.